The molecule has 22 heavy (non-hydrogen) atoms. The Balaban J connectivity index is 1.52. The van der Waals surface area contributed by atoms with Crippen molar-refractivity contribution in [3.63, 3.8) is 0 Å². The minimum absolute atomic E-state index is 0.00163. The van der Waals surface area contributed by atoms with Crippen LogP contribution >= 0.6 is 0 Å². The van der Waals surface area contributed by atoms with Gasteiger partial charge in [0, 0.05) is 32.7 Å². The van der Waals surface area contributed by atoms with Crippen LogP contribution in [0.3, 0.4) is 0 Å². The van der Waals surface area contributed by atoms with Gasteiger partial charge in [0.2, 0.25) is 5.91 Å². The highest BCUT2D eigenvalue weighted by atomic mass is 16.2. The van der Waals surface area contributed by atoms with Gasteiger partial charge >= 0.3 is 6.03 Å². The van der Waals surface area contributed by atoms with Crippen LogP contribution in [0.15, 0.2) is 24.3 Å². The number of nitrogens with one attached hydrogen (secondary N) is 2. The summed E-state index contributed by atoms with van der Waals surface area (Å²) in [6.45, 7) is 3.33. The van der Waals surface area contributed by atoms with Crippen molar-refractivity contribution in [1.82, 2.24) is 20.4 Å². The van der Waals surface area contributed by atoms with Gasteiger partial charge in [-0.15, -0.1) is 0 Å². The monoisotopic (exact) mass is 300 g/mol. The number of carbonyl (C=O) groups is 2. The molecule has 3 heterocycles. The zero-order valence-corrected chi connectivity index (χ0v) is 12.4. The fourth-order valence-electron chi connectivity index (χ4n) is 3.71. The summed E-state index contributed by atoms with van der Waals surface area (Å²) < 4.78 is 0. The predicted octanol–water partition coefficient (Wildman–Crippen LogP) is 0.109. The van der Waals surface area contributed by atoms with E-state index in [1.807, 2.05) is 28.0 Å². The molecule has 2 fully saturated rings. The largest absolute Gasteiger partial charge is 0.337 e. The SMILES string of the molecule is O=C(C1NCCc2ccccc21)N1CCN2C(=O)NCC2C1. The van der Waals surface area contributed by atoms with Gasteiger partial charge in [-0.05, 0) is 17.5 Å². The Morgan fingerprint density at radius 1 is 1.23 bits per heavy atom. The summed E-state index contributed by atoms with van der Waals surface area (Å²) in [6, 6.07) is 8.03. The summed E-state index contributed by atoms with van der Waals surface area (Å²) in [5.74, 6) is 0.131. The van der Waals surface area contributed by atoms with Gasteiger partial charge in [0.25, 0.3) is 0 Å². The van der Waals surface area contributed by atoms with Gasteiger partial charge in [-0.3, -0.25) is 4.79 Å². The van der Waals surface area contributed by atoms with Crippen molar-refractivity contribution < 1.29 is 9.59 Å². The van der Waals surface area contributed by atoms with Crippen molar-refractivity contribution in [3.05, 3.63) is 35.4 Å². The Hall–Kier alpha value is -2.08. The molecule has 0 aromatic heterocycles. The number of nitrogens with zero attached hydrogens (tertiary/aromatic N) is 2. The molecule has 0 bridgehead atoms. The average Bonchev–Trinajstić information content (AvgIpc) is 2.94. The quantitative estimate of drug-likeness (QED) is 0.774. The molecule has 6 nitrogen and oxygen atoms in total. The van der Waals surface area contributed by atoms with Crippen molar-refractivity contribution in [2.45, 2.75) is 18.5 Å². The summed E-state index contributed by atoms with van der Waals surface area (Å²) in [7, 11) is 0. The molecule has 4 rings (SSSR count). The van der Waals surface area contributed by atoms with Crippen LogP contribution in [0.1, 0.15) is 17.2 Å². The second-order valence-corrected chi connectivity index (χ2v) is 6.15. The highest BCUT2D eigenvalue weighted by Crippen LogP contribution is 2.25. The summed E-state index contributed by atoms with van der Waals surface area (Å²) in [4.78, 5) is 28.3. The van der Waals surface area contributed by atoms with Crippen LogP contribution in [0.2, 0.25) is 0 Å². The summed E-state index contributed by atoms with van der Waals surface area (Å²) in [6.07, 6.45) is 0.967. The van der Waals surface area contributed by atoms with E-state index in [9.17, 15) is 9.59 Å². The van der Waals surface area contributed by atoms with Gasteiger partial charge in [-0.2, -0.15) is 0 Å². The standard InChI is InChI=1S/C16H20N4O2/c21-15(14-13-4-2-1-3-11(13)5-6-17-14)19-7-8-20-12(10-19)9-18-16(20)22/h1-4,12,14,17H,5-10H2,(H,18,22). The van der Waals surface area contributed by atoms with Crippen molar-refractivity contribution in [2.75, 3.05) is 32.7 Å². The van der Waals surface area contributed by atoms with Crippen molar-refractivity contribution in [3.8, 4) is 0 Å². The van der Waals surface area contributed by atoms with Crippen LogP contribution in [-0.4, -0.2) is 60.5 Å². The maximum atomic E-state index is 12.9. The van der Waals surface area contributed by atoms with E-state index in [1.165, 1.54) is 5.56 Å². The molecular formula is C16H20N4O2. The highest BCUT2D eigenvalue weighted by molar-refractivity contribution is 5.85. The first kappa shape index (κ1) is 13.6. The van der Waals surface area contributed by atoms with E-state index in [0.717, 1.165) is 18.5 Å². The zero-order valence-electron chi connectivity index (χ0n) is 12.4. The van der Waals surface area contributed by atoms with E-state index in [2.05, 4.69) is 16.7 Å². The minimum Gasteiger partial charge on any atom is -0.337 e. The van der Waals surface area contributed by atoms with Crippen LogP contribution in [0.5, 0.6) is 0 Å². The molecule has 2 unspecified atom stereocenters. The molecule has 3 amide bonds. The summed E-state index contributed by atoms with van der Waals surface area (Å²) in [5, 5.41) is 6.20. The molecule has 0 aliphatic carbocycles. The second-order valence-electron chi connectivity index (χ2n) is 6.15. The van der Waals surface area contributed by atoms with Gasteiger partial charge < -0.3 is 20.4 Å². The average molecular weight is 300 g/mol. The van der Waals surface area contributed by atoms with Crippen LogP contribution < -0.4 is 10.6 Å². The normalized spacial score (nSPS) is 27.2. The molecule has 0 radical (unpaired) electrons. The molecule has 0 saturated carbocycles. The number of rotatable bonds is 1. The Morgan fingerprint density at radius 2 is 2.09 bits per heavy atom. The molecule has 3 aliphatic rings. The van der Waals surface area contributed by atoms with Gasteiger partial charge in [-0.25, -0.2) is 4.79 Å². The third-order valence-electron chi connectivity index (χ3n) is 4.90. The molecule has 2 saturated heterocycles. The Labute approximate surface area is 129 Å². The van der Waals surface area contributed by atoms with Crippen molar-refractivity contribution in [2.24, 2.45) is 0 Å². The van der Waals surface area contributed by atoms with E-state index >= 15 is 0 Å². The number of urea groups is 1. The second kappa shape index (κ2) is 5.28. The lowest BCUT2D eigenvalue weighted by atomic mass is 9.93. The number of carbonyl (C=O) groups excluding carboxylic acids is 2. The molecule has 1 aromatic carbocycles. The molecule has 6 heteroatoms. The Bertz CT molecular complexity index is 618. The maximum Gasteiger partial charge on any atom is 0.317 e. The van der Waals surface area contributed by atoms with E-state index in [4.69, 9.17) is 0 Å². The third kappa shape index (κ3) is 2.14. The lowest BCUT2D eigenvalue weighted by Gasteiger charge is -2.39. The van der Waals surface area contributed by atoms with E-state index in [1.54, 1.807) is 0 Å². The molecule has 116 valence electrons. The van der Waals surface area contributed by atoms with Crippen LogP contribution in [-0.2, 0) is 11.2 Å². The third-order valence-corrected chi connectivity index (χ3v) is 4.90. The zero-order chi connectivity index (χ0) is 15.1. The van der Waals surface area contributed by atoms with Crippen molar-refractivity contribution in [1.29, 1.82) is 0 Å². The highest BCUT2D eigenvalue weighted by Gasteiger charge is 2.39. The molecule has 0 spiro atoms. The molecule has 1 aromatic rings. The first-order chi connectivity index (χ1) is 10.7. The fraction of sp³-hybridized carbons (Fsp3) is 0.500. The van der Waals surface area contributed by atoms with Crippen molar-refractivity contribution >= 4 is 11.9 Å². The molecule has 2 N–H and O–H groups in total. The lowest BCUT2D eigenvalue weighted by molar-refractivity contribution is -0.136. The summed E-state index contributed by atoms with van der Waals surface area (Å²) in [5.41, 5.74) is 2.36. The van der Waals surface area contributed by atoms with Crippen LogP contribution in [0.4, 0.5) is 4.79 Å². The minimum atomic E-state index is -0.249. The van der Waals surface area contributed by atoms with Gasteiger partial charge in [0.05, 0.1) is 6.04 Å². The number of piperazine rings is 1. The van der Waals surface area contributed by atoms with Gasteiger partial charge in [0.1, 0.15) is 6.04 Å². The van der Waals surface area contributed by atoms with E-state index in [0.29, 0.717) is 26.2 Å². The topological polar surface area (TPSA) is 64.7 Å². The van der Waals surface area contributed by atoms with Crippen LogP contribution in [0, 0.1) is 0 Å². The molecule has 3 aliphatic heterocycles. The van der Waals surface area contributed by atoms with E-state index in [-0.39, 0.29) is 24.0 Å². The Kier molecular flexibility index (Phi) is 3.26. The smallest absolute Gasteiger partial charge is 0.317 e. The molecule has 2 atom stereocenters. The van der Waals surface area contributed by atoms with E-state index < -0.39 is 0 Å². The first-order valence-electron chi connectivity index (χ1n) is 7.88. The predicted molar refractivity (Wildman–Crippen MR) is 81.4 cm³/mol. The van der Waals surface area contributed by atoms with Crippen LogP contribution in [0.25, 0.3) is 0 Å². The number of hydrogen-bond donors (Lipinski definition) is 2. The number of fused-ring (bicyclic) bond motifs is 2. The number of benzene rings is 1. The summed E-state index contributed by atoms with van der Waals surface area (Å²) >= 11 is 0. The maximum absolute atomic E-state index is 12.9. The number of amides is 3. The lowest BCUT2D eigenvalue weighted by Crippen LogP contribution is -2.56. The number of hydrogen-bond acceptors (Lipinski definition) is 3. The first-order valence-corrected chi connectivity index (χ1v) is 7.88. The molecular weight excluding hydrogens is 280 g/mol. The van der Waals surface area contributed by atoms with Gasteiger partial charge in [0.15, 0.2) is 0 Å². The Morgan fingerprint density at radius 3 is 3.00 bits per heavy atom. The van der Waals surface area contributed by atoms with Gasteiger partial charge in [-0.1, -0.05) is 24.3 Å². The fourth-order valence-corrected chi connectivity index (χ4v) is 3.71.